The van der Waals surface area contributed by atoms with Crippen molar-refractivity contribution in [2.45, 2.75) is 19.8 Å². The minimum absolute atomic E-state index is 0.0312. The quantitative estimate of drug-likeness (QED) is 0.795. The Kier molecular flexibility index (Phi) is 3.72. The van der Waals surface area contributed by atoms with Crippen LogP contribution in [0.25, 0.3) is 0 Å². The molecule has 0 bridgehead atoms. The van der Waals surface area contributed by atoms with Gasteiger partial charge in [-0.05, 0) is 41.7 Å². The molecule has 0 radical (unpaired) electrons. The summed E-state index contributed by atoms with van der Waals surface area (Å²) in [5.74, 6) is 0.898. The summed E-state index contributed by atoms with van der Waals surface area (Å²) in [5, 5.41) is 4.02. The number of aromatic nitrogens is 2. The van der Waals surface area contributed by atoms with Crippen LogP contribution in [-0.4, -0.2) is 22.5 Å². The fourth-order valence-corrected chi connectivity index (χ4v) is 2.39. The van der Waals surface area contributed by atoms with E-state index in [1.165, 1.54) is 0 Å². The van der Waals surface area contributed by atoms with Gasteiger partial charge in [-0.1, -0.05) is 18.3 Å². The van der Waals surface area contributed by atoms with E-state index in [-0.39, 0.29) is 11.7 Å². The van der Waals surface area contributed by atoms with Crippen LogP contribution >= 0.6 is 11.5 Å². The minimum atomic E-state index is -0.0312. The Morgan fingerprint density at radius 3 is 2.50 bits per heavy atom. The molecule has 2 rings (SSSR count). The molecule has 0 aliphatic carbocycles. The second-order valence-corrected chi connectivity index (χ2v) is 4.95. The summed E-state index contributed by atoms with van der Waals surface area (Å²) in [4.78, 5) is 12.9. The number of hydrogen-bond acceptors (Lipinski definition) is 5. The number of rotatable bonds is 4. The SMILES string of the molecule is COc1ccc(C(=O)c2snnc2C(C)C)cc1. The van der Waals surface area contributed by atoms with Crippen molar-refractivity contribution < 1.29 is 9.53 Å². The number of ether oxygens (including phenoxy) is 1. The monoisotopic (exact) mass is 262 g/mol. The first-order valence-corrected chi connectivity index (χ1v) is 6.41. The number of hydrogen-bond donors (Lipinski definition) is 0. The highest BCUT2D eigenvalue weighted by atomic mass is 32.1. The van der Waals surface area contributed by atoms with Crippen molar-refractivity contribution >= 4 is 17.3 Å². The van der Waals surface area contributed by atoms with E-state index in [2.05, 4.69) is 9.59 Å². The smallest absolute Gasteiger partial charge is 0.206 e. The first kappa shape index (κ1) is 12.7. The number of nitrogens with zero attached hydrogens (tertiary/aromatic N) is 2. The molecule has 0 N–H and O–H groups in total. The topological polar surface area (TPSA) is 52.1 Å². The Balaban J connectivity index is 2.32. The van der Waals surface area contributed by atoms with Crippen molar-refractivity contribution in [1.82, 2.24) is 9.59 Å². The summed E-state index contributed by atoms with van der Waals surface area (Å²) in [6.45, 7) is 4.00. The van der Waals surface area contributed by atoms with Crippen molar-refractivity contribution in [1.29, 1.82) is 0 Å². The van der Waals surface area contributed by atoms with Gasteiger partial charge < -0.3 is 4.74 Å². The van der Waals surface area contributed by atoms with E-state index in [4.69, 9.17) is 4.74 Å². The van der Waals surface area contributed by atoms with Crippen LogP contribution in [0.4, 0.5) is 0 Å². The number of benzene rings is 1. The van der Waals surface area contributed by atoms with E-state index in [0.717, 1.165) is 23.0 Å². The summed E-state index contributed by atoms with van der Waals surface area (Å²) in [7, 11) is 1.60. The molecule has 0 saturated carbocycles. The third-order valence-corrected chi connectivity index (χ3v) is 3.36. The van der Waals surface area contributed by atoms with Crippen LogP contribution < -0.4 is 4.74 Å². The fraction of sp³-hybridized carbons (Fsp3) is 0.308. The van der Waals surface area contributed by atoms with Crippen molar-refractivity contribution in [3.05, 3.63) is 40.4 Å². The Labute approximate surface area is 110 Å². The van der Waals surface area contributed by atoms with Gasteiger partial charge in [0.2, 0.25) is 5.78 Å². The Bertz CT molecular complexity index is 546. The molecule has 2 aromatic rings. The highest BCUT2D eigenvalue weighted by Crippen LogP contribution is 2.23. The average Bonchev–Trinajstić information content (AvgIpc) is 2.87. The van der Waals surface area contributed by atoms with Crippen LogP contribution in [0.5, 0.6) is 5.75 Å². The molecular weight excluding hydrogens is 248 g/mol. The van der Waals surface area contributed by atoms with E-state index in [1.54, 1.807) is 31.4 Å². The largest absolute Gasteiger partial charge is 0.497 e. The van der Waals surface area contributed by atoms with Crippen LogP contribution in [0, 0.1) is 0 Å². The maximum Gasteiger partial charge on any atom is 0.206 e. The third-order valence-electron chi connectivity index (χ3n) is 2.62. The van der Waals surface area contributed by atoms with Crippen LogP contribution in [0.15, 0.2) is 24.3 Å². The maximum absolute atomic E-state index is 12.3. The molecule has 4 nitrogen and oxygen atoms in total. The molecule has 0 fully saturated rings. The van der Waals surface area contributed by atoms with Gasteiger partial charge in [0.1, 0.15) is 10.6 Å². The molecule has 0 aliphatic heterocycles. The van der Waals surface area contributed by atoms with Gasteiger partial charge in [0.15, 0.2) is 0 Å². The van der Waals surface area contributed by atoms with E-state index < -0.39 is 0 Å². The second-order valence-electron chi connectivity index (χ2n) is 4.20. The van der Waals surface area contributed by atoms with Crippen molar-refractivity contribution in [3.8, 4) is 5.75 Å². The van der Waals surface area contributed by atoms with Crippen molar-refractivity contribution in [2.75, 3.05) is 7.11 Å². The van der Waals surface area contributed by atoms with Crippen molar-refractivity contribution in [2.24, 2.45) is 0 Å². The zero-order valence-corrected chi connectivity index (χ0v) is 11.3. The van der Waals surface area contributed by atoms with E-state index in [1.807, 2.05) is 13.8 Å². The Morgan fingerprint density at radius 1 is 1.28 bits per heavy atom. The lowest BCUT2D eigenvalue weighted by Crippen LogP contribution is -2.04. The number of carbonyl (C=O) groups is 1. The third kappa shape index (κ3) is 2.41. The van der Waals surface area contributed by atoms with Crippen LogP contribution in [0.3, 0.4) is 0 Å². The molecule has 5 heteroatoms. The lowest BCUT2D eigenvalue weighted by molar-refractivity contribution is 0.104. The fourth-order valence-electron chi connectivity index (χ4n) is 1.61. The van der Waals surface area contributed by atoms with Crippen LogP contribution in [-0.2, 0) is 0 Å². The minimum Gasteiger partial charge on any atom is -0.497 e. The van der Waals surface area contributed by atoms with Gasteiger partial charge in [-0.25, -0.2) is 0 Å². The molecule has 1 aromatic carbocycles. The van der Waals surface area contributed by atoms with Gasteiger partial charge in [-0.2, -0.15) is 0 Å². The highest BCUT2D eigenvalue weighted by molar-refractivity contribution is 7.08. The van der Waals surface area contributed by atoms with Gasteiger partial charge in [-0.3, -0.25) is 4.79 Å². The zero-order chi connectivity index (χ0) is 13.1. The lowest BCUT2D eigenvalue weighted by atomic mass is 10.0. The molecule has 94 valence electrons. The lowest BCUT2D eigenvalue weighted by Gasteiger charge is -2.04. The average molecular weight is 262 g/mol. The normalized spacial score (nSPS) is 10.7. The molecule has 0 spiro atoms. The standard InChI is InChI=1S/C13H14N2O2S/c1-8(2)11-13(18-15-14-11)12(16)9-4-6-10(17-3)7-5-9/h4-8H,1-3H3. The van der Waals surface area contributed by atoms with Crippen LogP contribution in [0.1, 0.15) is 40.7 Å². The summed E-state index contributed by atoms with van der Waals surface area (Å²) in [5.41, 5.74) is 1.39. The Morgan fingerprint density at radius 2 is 1.94 bits per heavy atom. The molecule has 18 heavy (non-hydrogen) atoms. The van der Waals surface area contributed by atoms with Crippen LogP contribution in [0.2, 0.25) is 0 Å². The molecule has 0 atom stereocenters. The second kappa shape index (κ2) is 5.27. The summed E-state index contributed by atoms with van der Waals surface area (Å²) in [6.07, 6.45) is 0. The highest BCUT2D eigenvalue weighted by Gasteiger charge is 2.19. The number of methoxy groups -OCH3 is 1. The van der Waals surface area contributed by atoms with E-state index >= 15 is 0 Å². The molecule has 0 saturated heterocycles. The Hall–Kier alpha value is -1.75. The number of carbonyl (C=O) groups excluding carboxylic acids is 1. The van der Waals surface area contributed by atoms with Gasteiger partial charge in [0, 0.05) is 5.56 Å². The predicted octanol–water partition coefficient (Wildman–Crippen LogP) is 2.90. The van der Waals surface area contributed by atoms with E-state index in [9.17, 15) is 4.79 Å². The van der Waals surface area contributed by atoms with Gasteiger partial charge in [0.25, 0.3) is 0 Å². The molecule has 0 amide bonds. The summed E-state index contributed by atoms with van der Waals surface area (Å²) >= 11 is 1.15. The van der Waals surface area contributed by atoms with Crippen molar-refractivity contribution in [3.63, 3.8) is 0 Å². The van der Waals surface area contributed by atoms with E-state index in [0.29, 0.717) is 10.4 Å². The van der Waals surface area contributed by atoms with Gasteiger partial charge >= 0.3 is 0 Å². The molecule has 1 aromatic heterocycles. The summed E-state index contributed by atoms with van der Waals surface area (Å²) in [6, 6.07) is 7.06. The molecular formula is C13H14N2O2S. The first-order chi connectivity index (χ1) is 8.63. The zero-order valence-electron chi connectivity index (χ0n) is 10.5. The maximum atomic E-state index is 12.3. The number of ketones is 1. The predicted molar refractivity (Wildman–Crippen MR) is 70.4 cm³/mol. The van der Waals surface area contributed by atoms with Gasteiger partial charge in [0.05, 0.1) is 12.8 Å². The molecule has 1 heterocycles. The first-order valence-electron chi connectivity index (χ1n) is 5.64. The summed E-state index contributed by atoms with van der Waals surface area (Å²) < 4.78 is 8.94. The molecule has 0 unspecified atom stereocenters. The van der Waals surface area contributed by atoms with Gasteiger partial charge in [-0.15, -0.1) is 5.10 Å². The molecule has 0 aliphatic rings.